The molecule has 4 aliphatic rings. The zero-order valence-electron chi connectivity index (χ0n) is 23.2. The Hall–Kier alpha value is -2.45. The van der Waals surface area contributed by atoms with Crippen LogP contribution in [0.3, 0.4) is 0 Å². The fourth-order valence-electron chi connectivity index (χ4n) is 6.69. The first-order valence-electron chi connectivity index (χ1n) is 14.4. The van der Waals surface area contributed by atoms with E-state index in [1.807, 2.05) is 24.3 Å². The highest BCUT2D eigenvalue weighted by Gasteiger charge is 2.53. The van der Waals surface area contributed by atoms with Crippen LogP contribution in [-0.4, -0.2) is 61.9 Å². The Morgan fingerprint density at radius 3 is 2.53 bits per heavy atom. The van der Waals surface area contributed by atoms with Gasteiger partial charge in [-0.1, -0.05) is 51.8 Å². The van der Waals surface area contributed by atoms with E-state index in [0.29, 0.717) is 25.8 Å². The van der Waals surface area contributed by atoms with Crippen molar-refractivity contribution in [1.29, 1.82) is 0 Å². The number of imide groups is 1. The average molecular weight is 526 g/mol. The largest absolute Gasteiger partial charge is 0.449 e. The van der Waals surface area contributed by atoms with Gasteiger partial charge in [-0.2, -0.15) is 0 Å². The van der Waals surface area contributed by atoms with Gasteiger partial charge >= 0.3 is 12.0 Å². The maximum atomic E-state index is 13.4. The van der Waals surface area contributed by atoms with Gasteiger partial charge in [0.25, 0.3) is 0 Å². The molecule has 1 aromatic rings. The quantitative estimate of drug-likeness (QED) is 0.565. The standard InChI is InChI=1S/C30H43N3O5/c1-29(2,3)25-18-22(12-17-37-25)26(34)38-20-32-15-10-21(11-16-32)19-31-28(36)33-24-9-5-4-8-23(24)30(27(33)35)13-6-7-14-30/h4-5,8-9,21-22,25H,6-7,10-20H2,1-3H3,(H,31,36). The van der Waals surface area contributed by atoms with Crippen molar-refractivity contribution >= 4 is 23.6 Å². The van der Waals surface area contributed by atoms with Crippen LogP contribution in [0.4, 0.5) is 10.5 Å². The number of fused-ring (bicyclic) bond motifs is 2. The van der Waals surface area contributed by atoms with Gasteiger partial charge < -0.3 is 14.8 Å². The van der Waals surface area contributed by atoms with Crippen LogP contribution >= 0.6 is 0 Å². The Balaban J connectivity index is 1.06. The van der Waals surface area contributed by atoms with Crippen molar-refractivity contribution in [3.05, 3.63) is 29.8 Å². The summed E-state index contributed by atoms with van der Waals surface area (Å²) < 4.78 is 11.6. The molecule has 3 fully saturated rings. The summed E-state index contributed by atoms with van der Waals surface area (Å²) in [5.41, 5.74) is 1.25. The molecule has 2 saturated heterocycles. The van der Waals surface area contributed by atoms with Crippen LogP contribution in [0.2, 0.25) is 0 Å². The SMILES string of the molecule is CC(C)(C)C1CC(C(=O)OCN2CCC(CNC(=O)N3C(=O)C4(CCCC4)c4ccccc43)CC2)CCO1. The highest BCUT2D eigenvalue weighted by molar-refractivity contribution is 6.22. The van der Waals surface area contributed by atoms with E-state index >= 15 is 0 Å². The molecule has 1 spiro atoms. The highest BCUT2D eigenvalue weighted by Crippen LogP contribution is 2.51. The molecular formula is C30H43N3O5. The molecule has 0 radical (unpaired) electrons. The second kappa shape index (κ2) is 11.0. The number of rotatable bonds is 5. The van der Waals surface area contributed by atoms with E-state index in [9.17, 15) is 14.4 Å². The zero-order chi connectivity index (χ0) is 26.9. The van der Waals surface area contributed by atoms with Crippen LogP contribution in [0.25, 0.3) is 0 Å². The molecule has 0 aromatic heterocycles. The van der Waals surface area contributed by atoms with Crippen LogP contribution in [-0.2, 0) is 24.5 Å². The Bertz CT molecular complexity index is 1040. The number of anilines is 1. The first kappa shape index (κ1) is 27.1. The maximum Gasteiger partial charge on any atom is 0.328 e. The summed E-state index contributed by atoms with van der Waals surface area (Å²) in [6.07, 6.45) is 7.03. The van der Waals surface area contributed by atoms with E-state index < -0.39 is 5.41 Å². The number of likely N-dealkylation sites (tertiary alicyclic amines) is 1. The minimum absolute atomic E-state index is 0.0135. The third-order valence-corrected chi connectivity index (χ3v) is 9.15. The van der Waals surface area contributed by atoms with Crippen molar-refractivity contribution in [3.8, 4) is 0 Å². The van der Waals surface area contributed by atoms with Crippen LogP contribution in [0.1, 0.15) is 77.7 Å². The van der Waals surface area contributed by atoms with Crippen molar-refractivity contribution in [1.82, 2.24) is 10.2 Å². The van der Waals surface area contributed by atoms with E-state index in [1.54, 1.807) is 0 Å². The molecule has 208 valence electrons. The number of amides is 3. The van der Waals surface area contributed by atoms with Gasteiger partial charge in [0.15, 0.2) is 0 Å². The molecule has 0 bridgehead atoms. The highest BCUT2D eigenvalue weighted by atomic mass is 16.5. The fraction of sp³-hybridized carbons (Fsp3) is 0.700. The summed E-state index contributed by atoms with van der Waals surface area (Å²) in [7, 11) is 0. The number of carbonyl (C=O) groups excluding carboxylic acids is 3. The lowest BCUT2D eigenvalue weighted by molar-refractivity contribution is -0.161. The van der Waals surface area contributed by atoms with Crippen molar-refractivity contribution in [2.24, 2.45) is 17.3 Å². The number of ether oxygens (including phenoxy) is 2. The Morgan fingerprint density at radius 2 is 1.82 bits per heavy atom. The summed E-state index contributed by atoms with van der Waals surface area (Å²) in [5, 5.41) is 3.05. The molecule has 38 heavy (non-hydrogen) atoms. The predicted molar refractivity (Wildman–Crippen MR) is 145 cm³/mol. The van der Waals surface area contributed by atoms with E-state index in [4.69, 9.17) is 9.47 Å². The van der Waals surface area contributed by atoms with E-state index in [0.717, 1.165) is 75.7 Å². The maximum absolute atomic E-state index is 13.4. The van der Waals surface area contributed by atoms with Gasteiger partial charge in [0.1, 0.15) is 6.73 Å². The number of nitrogens with zero attached hydrogens (tertiary/aromatic N) is 2. The third-order valence-electron chi connectivity index (χ3n) is 9.15. The minimum atomic E-state index is -0.519. The number of urea groups is 1. The van der Waals surface area contributed by atoms with Crippen LogP contribution < -0.4 is 10.2 Å². The molecule has 1 N–H and O–H groups in total. The first-order valence-corrected chi connectivity index (χ1v) is 14.4. The van der Waals surface area contributed by atoms with E-state index in [2.05, 4.69) is 31.0 Å². The van der Waals surface area contributed by atoms with Crippen molar-refractivity contribution in [2.75, 3.05) is 37.9 Å². The molecule has 8 nitrogen and oxygen atoms in total. The monoisotopic (exact) mass is 525 g/mol. The normalized spacial score (nSPS) is 26.0. The topological polar surface area (TPSA) is 88.2 Å². The van der Waals surface area contributed by atoms with Crippen LogP contribution in [0, 0.1) is 17.3 Å². The second-order valence-corrected chi connectivity index (χ2v) is 12.7. The van der Waals surface area contributed by atoms with Crippen molar-refractivity contribution in [3.63, 3.8) is 0 Å². The number of piperidine rings is 1. The molecule has 1 aromatic carbocycles. The van der Waals surface area contributed by atoms with Gasteiger partial charge in [-0.15, -0.1) is 0 Å². The first-order chi connectivity index (χ1) is 18.2. The molecule has 1 aliphatic carbocycles. The summed E-state index contributed by atoms with van der Waals surface area (Å²) in [5.74, 6) is 0.0565. The number of hydrogen-bond donors (Lipinski definition) is 1. The average Bonchev–Trinajstić information content (AvgIpc) is 3.50. The Labute approximate surface area is 226 Å². The summed E-state index contributed by atoms with van der Waals surface area (Å²) in [6, 6.07) is 7.45. The molecule has 3 amide bonds. The molecule has 2 unspecified atom stereocenters. The number of benzene rings is 1. The zero-order valence-corrected chi connectivity index (χ0v) is 23.2. The smallest absolute Gasteiger partial charge is 0.328 e. The lowest BCUT2D eigenvalue weighted by Crippen LogP contribution is -2.48. The molecule has 3 heterocycles. The minimum Gasteiger partial charge on any atom is -0.449 e. The van der Waals surface area contributed by atoms with Gasteiger partial charge in [0.2, 0.25) is 5.91 Å². The lowest BCUT2D eigenvalue weighted by Gasteiger charge is -2.37. The van der Waals surface area contributed by atoms with E-state index in [1.165, 1.54) is 4.90 Å². The number of carbonyl (C=O) groups is 3. The number of para-hydroxylation sites is 1. The molecule has 2 atom stereocenters. The van der Waals surface area contributed by atoms with Crippen molar-refractivity contribution < 1.29 is 23.9 Å². The van der Waals surface area contributed by atoms with Crippen molar-refractivity contribution in [2.45, 2.75) is 83.7 Å². The molecule has 8 heteroatoms. The molecule has 1 saturated carbocycles. The van der Waals surface area contributed by atoms with Gasteiger partial charge in [-0.25, -0.2) is 9.69 Å². The van der Waals surface area contributed by atoms with Gasteiger partial charge in [-0.05, 0) is 61.5 Å². The summed E-state index contributed by atoms with van der Waals surface area (Å²) >= 11 is 0. The predicted octanol–water partition coefficient (Wildman–Crippen LogP) is 4.61. The van der Waals surface area contributed by atoms with E-state index in [-0.39, 0.29) is 35.3 Å². The lowest BCUT2D eigenvalue weighted by atomic mass is 9.80. The van der Waals surface area contributed by atoms with Gasteiger partial charge in [0.05, 0.1) is 23.1 Å². The number of hydrogen-bond acceptors (Lipinski definition) is 6. The van der Waals surface area contributed by atoms with Gasteiger partial charge in [0, 0.05) is 26.2 Å². The third kappa shape index (κ3) is 5.34. The van der Waals surface area contributed by atoms with Gasteiger partial charge in [-0.3, -0.25) is 14.5 Å². The fourth-order valence-corrected chi connectivity index (χ4v) is 6.69. The van der Waals surface area contributed by atoms with Crippen LogP contribution in [0.5, 0.6) is 0 Å². The molecule has 3 aliphatic heterocycles. The summed E-state index contributed by atoms with van der Waals surface area (Å²) in [6.45, 7) is 9.54. The number of nitrogens with one attached hydrogen (secondary N) is 1. The number of esters is 1. The van der Waals surface area contributed by atoms with Crippen LogP contribution in [0.15, 0.2) is 24.3 Å². The Kier molecular flexibility index (Phi) is 7.83. The Morgan fingerprint density at radius 1 is 1.11 bits per heavy atom. The summed E-state index contributed by atoms with van der Waals surface area (Å²) in [4.78, 5) is 42.9. The second-order valence-electron chi connectivity index (χ2n) is 12.7. The molecular weight excluding hydrogens is 482 g/mol. The molecule has 5 rings (SSSR count).